The molecule has 3 N–H and O–H groups in total. The highest BCUT2D eigenvalue weighted by atomic mass is 32.1. The maximum Gasteiger partial charge on any atom is 0.161 e. The fourth-order valence-corrected chi connectivity index (χ4v) is 3.71. The molecule has 4 rings (SSSR count). The first-order valence-electron chi connectivity index (χ1n) is 8.03. The van der Waals surface area contributed by atoms with Crippen LogP contribution in [0.2, 0.25) is 0 Å². The second-order valence-electron chi connectivity index (χ2n) is 6.20. The van der Waals surface area contributed by atoms with Gasteiger partial charge < -0.3 is 15.2 Å². The van der Waals surface area contributed by atoms with Gasteiger partial charge in [0.25, 0.3) is 0 Å². The first-order chi connectivity index (χ1) is 11.7. The number of hydrogen-bond acceptors (Lipinski definition) is 5. The lowest BCUT2D eigenvalue weighted by molar-refractivity contribution is 0.0782. The minimum absolute atomic E-state index is 0.0413. The van der Waals surface area contributed by atoms with Gasteiger partial charge in [-0.2, -0.15) is 0 Å². The smallest absolute Gasteiger partial charge is 0.161 e. The Morgan fingerprint density at radius 2 is 2.12 bits per heavy atom. The number of aliphatic hydroxyl groups excluding tert-OH is 1. The Bertz CT molecular complexity index is 781. The highest BCUT2D eigenvalue weighted by Crippen LogP contribution is 2.37. The summed E-state index contributed by atoms with van der Waals surface area (Å²) in [4.78, 5) is 5.12. The van der Waals surface area contributed by atoms with Crippen LogP contribution in [0.1, 0.15) is 28.6 Å². The van der Waals surface area contributed by atoms with Crippen molar-refractivity contribution in [3.8, 4) is 5.75 Å². The number of thiocarbonyl (C=S) groups is 1. The molecule has 3 heterocycles. The predicted molar refractivity (Wildman–Crippen MR) is 94.6 cm³/mol. The minimum atomic E-state index is -0.203. The third kappa shape index (κ3) is 2.56. The number of aromatic nitrogens is 1. The molecule has 0 bridgehead atoms. The van der Waals surface area contributed by atoms with Gasteiger partial charge in [0, 0.05) is 17.3 Å². The van der Waals surface area contributed by atoms with Gasteiger partial charge in [0.2, 0.25) is 0 Å². The van der Waals surface area contributed by atoms with Gasteiger partial charge in [0.1, 0.15) is 11.9 Å². The van der Waals surface area contributed by atoms with Crippen LogP contribution in [0.15, 0.2) is 36.5 Å². The van der Waals surface area contributed by atoms with Gasteiger partial charge in [-0.3, -0.25) is 10.3 Å². The number of benzene rings is 1. The molecular weight excluding hydrogens is 322 g/mol. The van der Waals surface area contributed by atoms with Crippen LogP contribution in [0, 0.1) is 12.8 Å². The summed E-state index contributed by atoms with van der Waals surface area (Å²) in [5.74, 6) is 0.811. The van der Waals surface area contributed by atoms with Gasteiger partial charge in [0.05, 0.1) is 23.2 Å². The maximum atomic E-state index is 9.58. The molecule has 1 saturated heterocycles. The summed E-state index contributed by atoms with van der Waals surface area (Å²) in [5.41, 5.74) is 3.77. The van der Waals surface area contributed by atoms with Crippen molar-refractivity contribution in [2.24, 2.45) is 5.92 Å². The number of hydrogen-bond donors (Lipinski definition) is 3. The highest BCUT2D eigenvalue weighted by Gasteiger charge is 2.40. The van der Waals surface area contributed by atoms with E-state index in [2.05, 4.69) is 27.8 Å². The molecule has 0 spiro atoms. The van der Waals surface area contributed by atoms with E-state index in [4.69, 9.17) is 17.0 Å². The first-order valence-corrected chi connectivity index (χ1v) is 8.44. The molecule has 24 heavy (non-hydrogen) atoms. The highest BCUT2D eigenvalue weighted by molar-refractivity contribution is 7.80. The van der Waals surface area contributed by atoms with E-state index < -0.39 is 0 Å². The molecule has 124 valence electrons. The van der Waals surface area contributed by atoms with Crippen molar-refractivity contribution in [1.29, 1.82) is 0 Å². The molecule has 3 unspecified atom stereocenters. The SMILES string of the molecule is Cc1ncc(CO)c2c1OC1NC(c3ccccc3)NC(=S)C1C2. The Hall–Kier alpha value is -2.02. The number of aryl methyl sites for hydroxylation is 1. The van der Waals surface area contributed by atoms with E-state index in [9.17, 15) is 5.11 Å². The Labute approximate surface area is 146 Å². The van der Waals surface area contributed by atoms with Crippen molar-refractivity contribution in [3.63, 3.8) is 0 Å². The van der Waals surface area contributed by atoms with Gasteiger partial charge in [-0.05, 0) is 18.9 Å². The van der Waals surface area contributed by atoms with E-state index in [1.807, 2.05) is 25.1 Å². The molecule has 0 radical (unpaired) electrons. The first kappa shape index (κ1) is 15.5. The maximum absolute atomic E-state index is 9.58. The van der Waals surface area contributed by atoms with Crippen molar-refractivity contribution in [2.45, 2.75) is 32.3 Å². The van der Waals surface area contributed by atoms with Gasteiger partial charge in [-0.25, -0.2) is 0 Å². The van der Waals surface area contributed by atoms with E-state index in [-0.39, 0.29) is 24.9 Å². The van der Waals surface area contributed by atoms with Crippen molar-refractivity contribution >= 4 is 17.2 Å². The van der Waals surface area contributed by atoms with E-state index >= 15 is 0 Å². The van der Waals surface area contributed by atoms with Crippen LogP contribution in [0.25, 0.3) is 0 Å². The van der Waals surface area contributed by atoms with E-state index in [1.165, 1.54) is 0 Å². The average Bonchev–Trinajstić information content (AvgIpc) is 2.62. The molecule has 0 saturated carbocycles. The van der Waals surface area contributed by atoms with Crippen LogP contribution < -0.4 is 15.4 Å². The van der Waals surface area contributed by atoms with Gasteiger partial charge >= 0.3 is 0 Å². The quantitative estimate of drug-likeness (QED) is 0.726. The summed E-state index contributed by atoms with van der Waals surface area (Å²) >= 11 is 5.61. The Balaban J connectivity index is 1.66. The lowest BCUT2D eigenvalue weighted by Gasteiger charge is -2.42. The molecule has 1 aromatic carbocycles. The lowest BCUT2D eigenvalue weighted by Crippen LogP contribution is -2.60. The second-order valence-corrected chi connectivity index (χ2v) is 6.64. The normalized spacial score (nSPS) is 25.2. The van der Waals surface area contributed by atoms with Crippen LogP contribution in [0.5, 0.6) is 5.75 Å². The van der Waals surface area contributed by atoms with E-state index in [0.29, 0.717) is 0 Å². The fourth-order valence-electron chi connectivity index (χ4n) is 3.39. The molecule has 2 aliphatic heterocycles. The lowest BCUT2D eigenvalue weighted by atomic mass is 9.89. The van der Waals surface area contributed by atoms with Crippen molar-refractivity contribution in [3.05, 3.63) is 58.9 Å². The average molecular weight is 341 g/mol. The standard InChI is InChI=1S/C18H19N3O2S/c1-10-15-13(12(9-22)8-19-10)7-14-17(23-15)20-16(21-18(14)24)11-5-3-2-4-6-11/h2-6,8,14,16-17,20,22H,7,9H2,1H3,(H,21,24). The number of pyridine rings is 1. The molecule has 2 aliphatic rings. The topological polar surface area (TPSA) is 66.4 Å². The summed E-state index contributed by atoms with van der Waals surface area (Å²) in [6.07, 6.45) is 2.18. The Kier molecular flexibility index (Phi) is 3.96. The zero-order valence-electron chi connectivity index (χ0n) is 13.3. The summed E-state index contributed by atoms with van der Waals surface area (Å²) in [5, 5.41) is 16.5. The zero-order valence-corrected chi connectivity index (χ0v) is 14.1. The third-order valence-corrected chi connectivity index (χ3v) is 5.12. The number of nitrogens with zero attached hydrogens (tertiary/aromatic N) is 1. The van der Waals surface area contributed by atoms with Crippen LogP contribution in [0.3, 0.4) is 0 Å². The number of nitrogens with one attached hydrogen (secondary N) is 2. The van der Waals surface area contributed by atoms with Gasteiger partial charge in [-0.1, -0.05) is 42.5 Å². The van der Waals surface area contributed by atoms with Gasteiger partial charge in [0.15, 0.2) is 6.23 Å². The minimum Gasteiger partial charge on any atom is -0.472 e. The summed E-state index contributed by atoms with van der Waals surface area (Å²) in [7, 11) is 0. The number of rotatable bonds is 2. The third-order valence-electron chi connectivity index (χ3n) is 4.70. The predicted octanol–water partition coefficient (Wildman–Crippen LogP) is 1.98. The largest absolute Gasteiger partial charge is 0.472 e. The van der Waals surface area contributed by atoms with E-state index in [1.54, 1.807) is 6.20 Å². The number of ether oxygens (including phenoxy) is 1. The zero-order chi connectivity index (χ0) is 16.7. The summed E-state index contributed by atoms with van der Waals surface area (Å²) in [6.45, 7) is 1.88. The molecular formula is C18H19N3O2S. The fraction of sp³-hybridized carbons (Fsp3) is 0.333. The van der Waals surface area contributed by atoms with Gasteiger partial charge in [-0.15, -0.1) is 0 Å². The van der Waals surface area contributed by atoms with Crippen LogP contribution >= 0.6 is 12.2 Å². The molecule has 6 heteroatoms. The molecule has 1 fully saturated rings. The molecule has 0 aliphatic carbocycles. The van der Waals surface area contributed by atoms with Crippen LogP contribution in [0.4, 0.5) is 0 Å². The van der Waals surface area contributed by atoms with Crippen molar-refractivity contribution in [2.75, 3.05) is 0 Å². The summed E-state index contributed by atoms with van der Waals surface area (Å²) in [6, 6.07) is 10.1. The Morgan fingerprint density at radius 3 is 2.88 bits per heavy atom. The number of fused-ring (bicyclic) bond motifs is 2. The Morgan fingerprint density at radius 1 is 1.33 bits per heavy atom. The number of aliphatic hydroxyl groups is 1. The van der Waals surface area contributed by atoms with Crippen LogP contribution in [-0.4, -0.2) is 21.3 Å². The molecule has 5 nitrogen and oxygen atoms in total. The monoisotopic (exact) mass is 341 g/mol. The molecule has 2 aromatic rings. The molecule has 0 amide bonds. The van der Waals surface area contributed by atoms with Crippen LogP contribution in [-0.2, 0) is 13.0 Å². The second kappa shape index (κ2) is 6.12. The van der Waals surface area contributed by atoms with E-state index in [0.717, 1.165) is 39.5 Å². The summed E-state index contributed by atoms with van der Waals surface area (Å²) < 4.78 is 6.22. The molecule has 1 aromatic heterocycles. The van der Waals surface area contributed by atoms with Crippen molar-refractivity contribution < 1.29 is 9.84 Å². The molecule has 3 atom stereocenters. The van der Waals surface area contributed by atoms with Crippen molar-refractivity contribution in [1.82, 2.24) is 15.6 Å².